The van der Waals surface area contributed by atoms with Crippen LogP contribution in [0.2, 0.25) is 0 Å². The molecule has 0 aliphatic heterocycles. The molecule has 1 atom stereocenters. The van der Waals surface area contributed by atoms with E-state index in [9.17, 15) is 4.39 Å². The lowest BCUT2D eigenvalue weighted by atomic mass is 9.98. The van der Waals surface area contributed by atoms with Gasteiger partial charge in [-0.3, -0.25) is 5.84 Å². The van der Waals surface area contributed by atoms with Gasteiger partial charge in [0.05, 0.1) is 24.7 Å². The number of nitrogens with two attached hydrogens (primary N) is 1. The quantitative estimate of drug-likeness (QED) is 0.639. The highest BCUT2D eigenvalue weighted by Crippen LogP contribution is 2.33. The molecule has 4 nitrogen and oxygen atoms in total. The van der Waals surface area contributed by atoms with Crippen LogP contribution in [-0.2, 0) is 0 Å². The maximum atomic E-state index is 13.4. The maximum absolute atomic E-state index is 13.4. The van der Waals surface area contributed by atoms with Crippen molar-refractivity contribution in [1.82, 2.24) is 5.43 Å². The van der Waals surface area contributed by atoms with Gasteiger partial charge in [-0.25, -0.2) is 9.82 Å². The van der Waals surface area contributed by atoms with Crippen molar-refractivity contribution in [2.75, 3.05) is 14.2 Å². The average molecular weight is 355 g/mol. The van der Waals surface area contributed by atoms with Crippen LogP contribution in [0.5, 0.6) is 11.5 Å². The van der Waals surface area contributed by atoms with Gasteiger partial charge in [-0.2, -0.15) is 0 Å². The fourth-order valence-corrected chi connectivity index (χ4v) is 2.52. The van der Waals surface area contributed by atoms with Crippen molar-refractivity contribution >= 4 is 15.9 Å². The minimum Gasteiger partial charge on any atom is -0.497 e. The van der Waals surface area contributed by atoms with Crippen molar-refractivity contribution in [2.24, 2.45) is 5.84 Å². The Morgan fingerprint density at radius 3 is 2.48 bits per heavy atom. The van der Waals surface area contributed by atoms with E-state index < -0.39 is 0 Å². The van der Waals surface area contributed by atoms with E-state index in [-0.39, 0.29) is 11.9 Å². The van der Waals surface area contributed by atoms with Crippen molar-refractivity contribution in [3.05, 3.63) is 57.8 Å². The van der Waals surface area contributed by atoms with Crippen LogP contribution in [0.25, 0.3) is 0 Å². The van der Waals surface area contributed by atoms with E-state index in [2.05, 4.69) is 21.4 Å². The van der Waals surface area contributed by atoms with Gasteiger partial charge in [0.1, 0.15) is 17.3 Å². The van der Waals surface area contributed by atoms with Crippen LogP contribution < -0.4 is 20.7 Å². The van der Waals surface area contributed by atoms with Crippen LogP contribution in [0.1, 0.15) is 17.2 Å². The van der Waals surface area contributed by atoms with Crippen LogP contribution in [0, 0.1) is 5.82 Å². The van der Waals surface area contributed by atoms with Gasteiger partial charge in [0, 0.05) is 5.56 Å². The number of hydrogen-bond acceptors (Lipinski definition) is 4. The third kappa shape index (κ3) is 3.34. The second-order valence-corrected chi connectivity index (χ2v) is 5.24. The van der Waals surface area contributed by atoms with E-state index in [1.807, 2.05) is 6.07 Å². The van der Waals surface area contributed by atoms with Gasteiger partial charge in [-0.1, -0.05) is 6.07 Å². The third-order valence-corrected chi connectivity index (χ3v) is 3.80. The monoisotopic (exact) mass is 354 g/mol. The molecule has 0 aliphatic carbocycles. The Kier molecular flexibility index (Phi) is 5.17. The van der Waals surface area contributed by atoms with Gasteiger partial charge in [-0.05, 0) is 51.8 Å². The van der Waals surface area contributed by atoms with Gasteiger partial charge >= 0.3 is 0 Å². The summed E-state index contributed by atoms with van der Waals surface area (Å²) < 4.78 is 24.4. The predicted octanol–water partition coefficient (Wildman–Crippen LogP) is 3.16. The topological polar surface area (TPSA) is 56.5 Å². The minimum absolute atomic E-state index is 0.327. The second-order valence-electron chi connectivity index (χ2n) is 4.38. The molecule has 112 valence electrons. The lowest BCUT2D eigenvalue weighted by Gasteiger charge is -2.20. The first kappa shape index (κ1) is 15.8. The van der Waals surface area contributed by atoms with E-state index >= 15 is 0 Å². The molecular weight excluding hydrogens is 339 g/mol. The molecule has 0 saturated heterocycles. The summed E-state index contributed by atoms with van der Waals surface area (Å²) in [5.74, 6) is 6.71. The summed E-state index contributed by atoms with van der Waals surface area (Å²) in [6, 6.07) is 9.82. The van der Waals surface area contributed by atoms with E-state index in [4.69, 9.17) is 15.3 Å². The first-order valence-corrected chi connectivity index (χ1v) is 7.03. The van der Waals surface area contributed by atoms with Gasteiger partial charge in [0.2, 0.25) is 0 Å². The highest BCUT2D eigenvalue weighted by Gasteiger charge is 2.19. The zero-order chi connectivity index (χ0) is 15.4. The number of hydrazine groups is 1. The van der Waals surface area contributed by atoms with Crippen LogP contribution >= 0.6 is 15.9 Å². The number of methoxy groups -OCH3 is 2. The molecule has 0 spiro atoms. The number of benzene rings is 2. The van der Waals surface area contributed by atoms with E-state index in [0.717, 1.165) is 11.1 Å². The van der Waals surface area contributed by atoms with Crippen LogP contribution in [-0.4, -0.2) is 14.2 Å². The Balaban J connectivity index is 2.51. The van der Waals surface area contributed by atoms with Crippen molar-refractivity contribution in [3.63, 3.8) is 0 Å². The van der Waals surface area contributed by atoms with Crippen molar-refractivity contribution in [2.45, 2.75) is 6.04 Å². The molecule has 0 saturated carbocycles. The Bertz CT molecular complexity index is 637. The molecule has 2 aromatic rings. The standard InChI is InChI=1S/C15H16BrFN2O2/c1-20-10-4-6-14(21-2)11(8-10)15(19-18)9-3-5-13(17)12(16)7-9/h3-8,15,19H,18H2,1-2H3. The molecule has 6 heteroatoms. The molecule has 0 aliphatic rings. The second kappa shape index (κ2) is 6.89. The van der Waals surface area contributed by atoms with E-state index in [0.29, 0.717) is 16.0 Å². The molecule has 2 rings (SSSR count). The summed E-state index contributed by atoms with van der Waals surface area (Å²) in [7, 11) is 3.17. The Labute approximate surface area is 131 Å². The minimum atomic E-state index is -0.355. The summed E-state index contributed by atoms with van der Waals surface area (Å²) in [6.07, 6.45) is 0. The van der Waals surface area contributed by atoms with Gasteiger partial charge in [0.25, 0.3) is 0 Å². The summed E-state index contributed by atoms with van der Waals surface area (Å²) in [5, 5.41) is 0. The fraction of sp³-hybridized carbons (Fsp3) is 0.200. The molecule has 0 amide bonds. The lowest BCUT2D eigenvalue weighted by molar-refractivity contribution is 0.394. The Hall–Kier alpha value is -1.63. The summed E-state index contributed by atoms with van der Waals surface area (Å²) >= 11 is 3.18. The molecule has 21 heavy (non-hydrogen) atoms. The molecule has 0 fully saturated rings. The normalized spacial score (nSPS) is 12.0. The van der Waals surface area contributed by atoms with Gasteiger partial charge < -0.3 is 9.47 Å². The van der Waals surface area contributed by atoms with Crippen molar-refractivity contribution in [3.8, 4) is 11.5 Å². The molecule has 0 bridgehead atoms. The van der Waals surface area contributed by atoms with Gasteiger partial charge in [0.15, 0.2) is 0 Å². The van der Waals surface area contributed by atoms with Gasteiger partial charge in [-0.15, -0.1) is 0 Å². The Morgan fingerprint density at radius 1 is 1.14 bits per heavy atom. The highest BCUT2D eigenvalue weighted by atomic mass is 79.9. The van der Waals surface area contributed by atoms with E-state index in [1.54, 1.807) is 38.5 Å². The summed E-state index contributed by atoms with van der Waals surface area (Å²) in [4.78, 5) is 0. The number of hydrogen-bond donors (Lipinski definition) is 2. The molecule has 0 radical (unpaired) electrons. The summed E-state index contributed by atoms with van der Waals surface area (Å²) in [5.41, 5.74) is 4.34. The van der Waals surface area contributed by atoms with Crippen LogP contribution in [0.4, 0.5) is 4.39 Å². The largest absolute Gasteiger partial charge is 0.497 e. The molecule has 3 N–H and O–H groups in total. The fourth-order valence-electron chi connectivity index (χ4n) is 2.12. The number of ether oxygens (including phenoxy) is 2. The van der Waals surface area contributed by atoms with Crippen molar-refractivity contribution < 1.29 is 13.9 Å². The lowest BCUT2D eigenvalue weighted by Crippen LogP contribution is -2.29. The average Bonchev–Trinajstić information content (AvgIpc) is 2.51. The molecule has 1 unspecified atom stereocenters. The molecule has 0 heterocycles. The first-order chi connectivity index (χ1) is 10.1. The first-order valence-electron chi connectivity index (χ1n) is 6.23. The van der Waals surface area contributed by atoms with E-state index in [1.165, 1.54) is 6.07 Å². The predicted molar refractivity (Wildman–Crippen MR) is 82.8 cm³/mol. The maximum Gasteiger partial charge on any atom is 0.137 e. The van der Waals surface area contributed by atoms with Crippen molar-refractivity contribution in [1.29, 1.82) is 0 Å². The van der Waals surface area contributed by atoms with Crippen LogP contribution in [0.15, 0.2) is 40.9 Å². The molecule has 0 aromatic heterocycles. The Morgan fingerprint density at radius 2 is 1.90 bits per heavy atom. The zero-order valence-electron chi connectivity index (χ0n) is 11.7. The smallest absolute Gasteiger partial charge is 0.137 e. The SMILES string of the molecule is COc1ccc(OC)c(C(NN)c2ccc(F)c(Br)c2)c1. The molecule has 2 aromatic carbocycles. The zero-order valence-corrected chi connectivity index (χ0v) is 13.3. The summed E-state index contributed by atoms with van der Waals surface area (Å²) in [6.45, 7) is 0. The number of rotatable bonds is 5. The third-order valence-electron chi connectivity index (χ3n) is 3.19. The molecular formula is C15H16BrFN2O2. The van der Waals surface area contributed by atoms with Crippen LogP contribution in [0.3, 0.4) is 0 Å². The number of nitrogens with one attached hydrogen (secondary N) is 1. The highest BCUT2D eigenvalue weighted by molar-refractivity contribution is 9.10. The number of halogens is 2.